The van der Waals surface area contributed by atoms with Crippen LogP contribution in [0, 0.1) is 6.92 Å². The molecule has 3 aromatic rings. The standard InChI is InChI=1S/C19H18F3N3OS/c1-12-15-11-16(17(26)24-8-3-2-4-9-24)27-18(15)25(23-12)14-7-5-6-13(10-14)19(20,21)22/h5-7,10-11H,2-4,8-9H2,1H3. The fraction of sp³-hybridized carbons (Fsp3) is 0.368. The molecule has 3 heterocycles. The highest BCUT2D eigenvalue weighted by atomic mass is 32.1. The number of piperidine rings is 1. The van der Waals surface area contributed by atoms with Crippen molar-refractivity contribution in [1.82, 2.24) is 14.7 Å². The van der Waals surface area contributed by atoms with Gasteiger partial charge in [-0.1, -0.05) is 6.07 Å². The number of benzene rings is 1. The summed E-state index contributed by atoms with van der Waals surface area (Å²) in [5.74, 6) is -0.00843. The largest absolute Gasteiger partial charge is 0.416 e. The van der Waals surface area contributed by atoms with Crippen molar-refractivity contribution >= 4 is 27.5 Å². The molecule has 1 amide bonds. The maximum Gasteiger partial charge on any atom is 0.416 e. The number of nitrogens with zero attached hydrogens (tertiary/aromatic N) is 3. The van der Waals surface area contributed by atoms with Crippen LogP contribution in [0.2, 0.25) is 0 Å². The molecular formula is C19H18F3N3OS. The van der Waals surface area contributed by atoms with Crippen LogP contribution in [0.15, 0.2) is 30.3 Å². The molecule has 0 N–H and O–H groups in total. The molecule has 0 unspecified atom stereocenters. The first-order chi connectivity index (χ1) is 12.8. The minimum atomic E-state index is -4.41. The van der Waals surface area contributed by atoms with Crippen molar-refractivity contribution < 1.29 is 18.0 Å². The number of alkyl halides is 3. The quantitative estimate of drug-likeness (QED) is 0.612. The van der Waals surface area contributed by atoms with Crippen LogP contribution in [-0.2, 0) is 6.18 Å². The topological polar surface area (TPSA) is 38.1 Å². The zero-order valence-corrected chi connectivity index (χ0v) is 15.5. The van der Waals surface area contributed by atoms with Crippen LogP contribution in [0.4, 0.5) is 13.2 Å². The van der Waals surface area contributed by atoms with Crippen LogP contribution >= 0.6 is 11.3 Å². The summed E-state index contributed by atoms with van der Waals surface area (Å²) in [6, 6.07) is 6.89. The van der Waals surface area contributed by atoms with E-state index < -0.39 is 11.7 Å². The summed E-state index contributed by atoms with van der Waals surface area (Å²) in [5.41, 5.74) is 0.306. The number of halogens is 3. The number of carbonyl (C=O) groups excluding carboxylic acids is 1. The van der Waals surface area contributed by atoms with Gasteiger partial charge in [0.1, 0.15) is 4.83 Å². The maximum atomic E-state index is 13.0. The number of hydrogen-bond acceptors (Lipinski definition) is 3. The Morgan fingerprint density at radius 3 is 2.59 bits per heavy atom. The van der Waals surface area contributed by atoms with Crippen molar-refractivity contribution in [2.24, 2.45) is 0 Å². The van der Waals surface area contributed by atoms with Gasteiger partial charge in [0.25, 0.3) is 5.91 Å². The van der Waals surface area contributed by atoms with Gasteiger partial charge in [0.05, 0.1) is 21.8 Å². The number of carbonyl (C=O) groups is 1. The molecule has 0 bridgehead atoms. The number of aryl methyl sites for hydroxylation is 1. The lowest BCUT2D eigenvalue weighted by molar-refractivity contribution is -0.137. The van der Waals surface area contributed by atoms with E-state index in [0.717, 1.165) is 49.9 Å². The van der Waals surface area contributed by atoms with E-state index in [-0.39, 0.29) is 5.91 Å². The van der Waals surface area contributed by atoms with E-state index >= 15 is 0 Å². The summed E-state index contributed by atoms with van der Waals surface area (Å²) in [7, 11) is 0. The van der Waals surface area contributed by atoms with E-state index in [2.05, 4.69) is 5.10 Å². The van der Waals surface area contributed by atoms with Crippen LogP contribution < -0.4 is 0 Å². The van der Waals surface area contributed by atoms with Gasteiger partial charge in [-0.25, -0.2) is 4.68 Å². The molecule has 0 radical (unpaired) electrons. The molecule has 2 aromatic heterocycles. The lowest BCUT2D eigenvalue weighted by Gasteiger charge is -2.26. The third kappa shape index (κ3) is 3.34. The molecule has 8 heteroatoms. The highest BCUT2D eigenvalue weighted by Crippen LogP contribution is 2.34. The molecule has 1 aliphatic rings. The normalized spacial score (nSPS) is 15.5. The van der Waals surface area contributed by atoms with Crippen molar-refractivity contribution in [3.05, 3.63) is 46.5 Å². The Balaban J connectivity index is 1.75. The van der Waals surface area contributed by atoms with Gasteiger partial charge in [-0.3, -0.25) is 4.79 Å². The second-order valence-electron chi connectivity index (χ2n) is 6.73. The van der Waals surface area contributed by atoms with Crippen molar-refractivity contribution in [2.75, 3.05) is 13.1 Å². The first-order valence-electron chi connectivity index (χ1n) is 8.80. The summed E-state index contributed by atoms with van der Waals surface area (Å²) in [5, 5.41) is 5.19. The van der Waals surface area contributed by atoms with Crippen molar-refractivity contribution in [3.63, 3.8) is 0 Å². The van der Waals surface area contributed by atoms with Gasteiger partial charge in [-0.05, 0) is 50.5 Å². The van der Waals surface area contributed by atoms with E-state index in [9.17, 15) is 18.0 Å². The van der Waals surface area contributed by atoms with Crippen molar-refractivity contribution in [2.45, 2.75) is 32.4 Å². The number of amides is 1. The molecule has 0 spiro atoms. The zero-order valence-electron chi connectivity index (χ0n) is 14.7. The van der Waals surface area contributed by atoms with Crippen LogP contribution in [-0.4, -0.2) is 33.7 Å². The second kappa shape index (κ2) is 6.67. The molecule has 4 rings (SSSR count). The molecule has 0 aliphatic carbocycles. The Kier molecular flexibility index (Phi) is 4.46. The van der Waals surface area contributed by atoms with Gasteiger partial charge in [0, 0.05) is 18.5 Å². The van der Waals surface area contributed by atoms with Crippen LogP contribution in [0.1, 0.15) is 40.2 Å². The molecule has 27 heavy (non-hydrogen) atoms. The highest BCUT2D eigenvalue weighted by molar-refractivity contribution is 7.20. The van der Waals surface area contributed by atoms with Gasteiger partial charge >= 0.3 is 6.18 Å². The SMILES string of the molecule is Cc1nn(-c2cccc(C(F)(F)F)c2)c2sc(C(=O)N3CCCCC3)cc12. The van der Waals surface area contributed by atoms with Gasteiger partial charge in [-0.15, -0.1) is 11.3 Å². The molecule has 1 fully saturated rings. The minimum Gasteiger partial charge on any atom is -0.338 e. The summed E-state index contributed by atoms with van der Waals surface area (Å²) < 4.78 is 40.6. The first-order valence-corrected chi connectivity index (χ1v) is 9.62. The predicted molar refractivity (Wildman–Crippen MR) is 98.4 cm³/mol. The minimum absolute atomic E-state index is 0.00843. The molecule has 1 aliphatic heterocycles. The van der Waals surface area contributed by atoms with Crippen molar-refractivity contribution in [3.8, 4) is 5.69 Å². The second-order valence-corrected chi connectivity index (χ2v) is 7.76. The number of rotatable bonds is 2. The van der Waals surface area contributed by atoms with Gasteiger partial charge in [0.15, 0.2) is 0 Å². The maximum absolute atomic E-state index is 13.0. The first kappa shape index (κ1) is 18.0. The summed E-state index contributed by atoms with van der Waals surface area (Å²) in [4.78, 5) is 15.9. The lowest BCUT2D eigenvalue weighted by Crippen LogP contribution is -2.35. The van der Waals surface area contributed by atoms with Crippen LogP contribution in [0.5, 0.6) is 0 Å². The predicted octanol–water partition coefficient (Wildman–Crippen LogP) is 5.04. The zero-order chi connectivity index (χ0) is 19.2. The molecule has 0 saturated carbocycles. The third-order valence-electron chi connectivity index (χ3n) is 4.82. The Hall–Kier alpha value is -2.35. The van der Waals surface area contributed by atoms with Gasteiger partial charge in [-0.2, -0.15) is 18.3 Å². The molecule has 1 saturated heterocycles. The Morgan fingerprint density at radius 2 is 1.89 bits per heavy atom. The number of hydrogen-bond donors (Lipinski definition) is 0. The van der Waals surface area contributed by atoms with E-state index in [1.807, 2.05) is 11.0 Å². The van der Waals surface area contributed by atoms with E-state index in [1.54, 1.807) is 13.0 Å². The molecular weight excluding hydrogens is 375 g/mol. The average molecular weight is 393 g/mol. The van der Waals surface area contributed by atoms with Gasteiger partial charge < -0.3 is 4.90 Å². The molecule has 0 atom stereocenters. The molecule has 142 valence electrons. The van der Waals surface area contributed by atoms with Crippen LogP contribution in [0.25, 0.3) is 15.9 Å². The van der Waals surface area contributed by atoms with Crippen LogP contribution in [0.3, 0.4) is 0 Å². The number of fused-ring (bicyclic) bond motifs is 1. The Morgan fingerprint density at radius 1 is 1.15 bits per heavy atom. The monoisotopic (exact) mass is 393 g/mol. The fourth-order valence-electron chi connectivity index (χ4n) is 3.39. The number of aromatic nitrogens is 2. The third-order valence-corrected chi connectivity index (χ3v) is 5.92. The summed E-state index contributed by atoms with van der Waals surface area (Å²) in [6.45, 7) is 3.31. The lowest BCUT2D eigenvalue weighted by atomic mass is 10.1. The number of likely N-dealkylation sites (tertiary alicyclic amines) is 1. The average Bonchev–Trinajstić information content (AvgIpc) is 3.22. The summed E-state index contributed by atoms with van der Waals surface area (Å²) >= 11 is 1.28. The molecule has 4 nitrogen and oxygen atoms in total. The Labute approximate surface area is 158 Å². The Bertz CT molecular complexity index is 999. The molecule has 1 aromatic carbocycles. The van der Waals surface area contributed by atoms with Crippen molar-refractivity contribution in [1.29, 1.82) is 0 Å². The number of thiophene rings is 1. The summed E-state index contributed by atoms with van der Waals surface area (Å²) in [6.07, 6.45) is -1.26. The van der Waals surface area contributed by atoms with E-state index in [0.29, 0.717) is 21.1 Å². The highest BCUT2D eigenvalue weighted by Gasteiger charge is 2.31. The fourth-order valence-corrected chi connectivity index (χ4v) is 4.55. The smallest absolute Gasteiger partial charge is 0.338 e. The van der Waals surface area contributed by atoms with E-state index in [4.69, 9.17) is 0 Å². The van der Waals surface area contributed by atoms with E-state index in [1.165, 1.54) is 22.1 Å². The van der Waals surface area contributed by atoms with Gasteiger partial charge in [0.2, 0.25) is 0 Å².